The Morgan fingerprint density at radius 2 is 1.77 bits per heavy atom. The topological polar surface area (TPSA) is 35.5 Å². The molecule has 0 radical (unpaired) electrons. The Morgan fingerprint density at radius 3 is 2.50 bits per heavy atom. The van der Waals surface area contributed by atoms with Crippen LogP contribution in [0.5, 0.6) is 0 Å². The summed E-state index contributed by atoms with van der Waals surface area (Å²) in [5.74, 6) is 0.0260. The second-order valence-corrected chi connectivity index (χ2v) is 8.74. The number of hydrogen-bond donors (Lipinski definition) is 2. The molecule has 2 saturated carbocycles. The van der Waals surface area contributed by atoms with Gasteiger partial charge in [-0.3, -0.25) is 0 Å². The molecule has 2 atom stereocenters. The molecule has 5 heteroatoms. The molecule has 3 fully saturated rings. The van der Waals surface area contributed by atoms with E-state index in [9.17, 15) is 9.50 Å². The molecule has 4 rings (SSSR count). The largest absolute Gasteiger partial charge is 0.370 e. The van der Waals surface area contributed by atoms with Crippen molar-refractivity contribution in [2.45, 2.75) is 75.5 Å². The van der Waals surface area contributed by atoms with Gasteiger partial charge in [0.25, 0.3) is 0 Å². The van der Waals surface area contributed by atoms with Crippen molar-refractivity contribution in [2.75, 3.05) is 6.54 Å². The van der Waals surface area contributed by atoms with Crippen LogP contribution in [0.15, 0.2) is 24.3 Å². The summed E-state index contributed by atoms with van der Waals surface area (Å²) in [5.41, 5.74) is 0.220. The Labute approximate surface area is 161 Å². The maximum atomic E-state index is 13.1. The summed E-state index contributed by atoms with van der Waals surface area (Å²) in [4.78, 5) is 2.04. The minimum atomic E-state index is -0.835. The number of nitrogens with one attached hydrogen (secondary N) is 1. The summed E-state index contributed by atoms with van der Waals surface area (Å²) in [5, 5.41) is 16.2. The van der Waals surface area contributed by atoms with Gasteiger partial charge in [-0.1, -0.05) is 37.8 Å². The Hall–Kier alpha value is -1.20. The number of thiocarbonyl (C=S) groups is 1. The minimum Gasteiger partial charge on any atom is -0.370 e. The summed E-state index contributed by atoms with van der Waals surface area (Å²) < 4.78 is 13.1. The zero-order chi connectivity index (χ0) is 18.2. The number of hydrogen-bond acceptors (Lipinski definition) is 2. The quantitative estimate of drug-likeness (QED) is 0.777. The molecule has 142 valence electrons. The molecular weight excluding hydrogens is 347 g/mol. The van der Waals surface area contributed by atoms with Crippen molar-refractivity contribution < 1.29 is 9.50 Å². The minimum absolute atomic E-state index is 0.0170. The van der Waals surface area contributed by atoms with Crippen LogP contribution in [0.4, 0.5) is 4.39 Å². The lowest BCUT2D eigenvalue weighted by Gasteiger charge is -2.61. The average molecular weight is 377 g/mol. The van der Waals surface area contributed by atoms with Gasteiger partial charge in [-0.05, 0) is 68.4 Å². The SMILES string of the molecule is O[C@]12CCCC[C@@H]1C1(CCCCC1)NC(=S)N2CCc1ccc(F)cc1. The number of halogens is 1. The Bertz CT molecular complexity index is 658. The van der Waals surface area contributed by atoms with E-state index in [2.05, 4.69) is 5.32 Å². The number of nitrogens with zero attached hydrogens (tertiary/aromatic N) is 1. The highest BCUT2D eigenvalue weighted by molar-refractivity contribution is 7.80. The first-order chi connectivity index (χ1) is 12.5. The van der Waals surface area contributed by atoms with Crippen molar-refractivity contribution in [1.82, 2.24) is 10.2 Å². The van der Waals surface area contributed by atoms with Gasteiger partial charge in [0, 0.05) is 18.0 Å². The van der Waals surface area contributed by atoms with Gasteiger partial charge in [0.15, 0.2) is 5.11 Å². The van der Waals surface area contributed by atoms with E-state index in [0.29, 0.717) is 11.7 Å². The molecule has 1 aliphatic heterocycles. The maximum absolute atomic E-state index is 13.1. The lowest BCUT2D eigenvalue weighted by atomic mass is 9.62. The van der Waals surface area contributed by atoms with Gasteiger partial charge in [-0.2, -0.15) is 0 Å². The number of benzene rings is 1. The Balaban J connectivity index is 1.56. The van der Waals surface area contributed by atoms with Gasteiger partial charge in [0.2, 0.25) is 0 Å². The molecule has 0 bridgehead atoms. The normalized spacial score (nSPS) is 30.8. The first kappa shape index (κ1) is 18.2. The van der Waals surface area contributed by atoms with Crippen molar-refractivity contribution in [2.24, 2.45) is 5.92 Å². The van der Waals surface area contributed by atoms with Crippen LogP contribution in [-0.4, -0.2) is 32.9 Å². The van der Waals surface area contributed by atoms with E-state index in [1.807, 2.05) is 17.0 Å². The highest BCUT2D eigenvalue weighted by atomic mass is 32.1. The second-order valence-electron chi connectivity index (χ2n) is 8.35. The van der Waals surface area contributed by atoms with Gasteiger partial charge >= 0.3 is 0 Å². The summed E-state index contributed by atoms with van der Waals surface area (Å²) in [7, 11) is 0. The molecule has 0 aromatic heterocycles. The number of rotatable bonds is 3. The van der Waals surface area contributed by atoms with Crippen molar-refractivity contribution >= 4 is 17.3 Å². The van der Waals surface area contributed by atoms with E-state index in [1.54, 1.807) is 0 Å². The van der Waals surface area contributed by atoms with Crippen LogP contribution in [-0.2, 0) is 6.42 Å². The molecule has 2 N–H and O–H groups in total. The molecule has 3 aliphatic rings. The lowest BCUT2D eigenvalue weighted by molar-refractivity contribution is -0.181. The second kappa shape index (κ2) is 7.08. The molecule has 0 unspecified atom stereocenters. The first-order valence-corrected chi connectivity index (χ1v) is 10.5. The molecule has 1 aromatic carbocycles. The first-order valence-electron chi connectivity index (χ1n) is 10.1. The van der Waals surface area contributed by atoms with E-state index < -0.39 is 5.72 Å². The zero-order valence-corrected chi connectivity index (χ0v) is 16.2. The molecule has 0 amide bonds. The summed E-state index contributed by atoms with van der Waals surface area (Å²) >= 11 is 5.75. The number of fused-ring (bicyclic) bond motifs is 2. The monoisotopic (exact) mass is 376 g/mol. The number of aliphatic hydroxyl groups is 1. The highest BCUT2D eigenvalue weighted by Crippen LogP contribution is 2.50. The van der Waals surface area contributed by atoms with E-state index in [-0.39, 0.29) is 17.3 Å². The van der Waals surface area contributed by atoms with Crippen LogP contribution in [0.3, 0.4) is 0 Å². The van der Waals surface area contributed by atoms with E-state index in [1.165, 1.54) is 37.8 Å². The van der Waals surface area contributed by atoms with Gasteiger partial charge in [0.1, 0.15) is 11.5 Å². The van der Waals surface area contributed by atoms with Crippen molar-refractivity contribution in [3.05, 3.63) is 35.6 Å². The van der Waals surface area contributed by atoms with E-state index >= 15 is 0 Å². The maximum Gasteiger partial charge on any atom is 0.171 e. The van der Waals surface area contributed by atoms with Gasteiger partial charge in [-0.15, -0.1) is 0 Å². The third kappa shape index (κ3) is 3.13. The summed E-state index contributed by atoms with van der Waals surface area (Å²) in [6.07, 6.45) is 10.8. The summed E-state index contributed by atoms with van der Waals surface area (Å²) in [6, 6.07) is 6.64. The fraction of sp³-hybridized carbons (Fsp3) is 0.667. The average Bonchev–Trinajstić information content (AvgIpc) is 2.63. The fourth-order valence-electron chi connectivity index (χ4n) is 5.57. The third-order valence-corrected chi connectivity index (χ3v) is 7.19. The molecule has 1 spiro atoms. The van der Waals surface area contributed by atoms with Crippen LogP contribution < -0.4 is 5.32 Å². The van der Waals surface area contributed by atoms with Crippen LogP contribution in [0.2, 0.25) is 0 Å². The molecule has 1 aromatic rings. The zero-order valence-electron chi connectivity index (χ0n) is 15.3. The third-order valence-electron chi connectivity index (χ3n) is 6.86. The smallest absolute Gasteiger partial charge is 0.171 e. The Kier molecular flexibility index (Phi) is 4.95. The molecular formula is C21H29FN2OS. The Morgan fingerprint density at radius 1 is 1.08 bits per heavy atom. The standard InChI is InChI=1S/C21H29FN2OS/c22-17-9-7-16(8-10-17)11-15-24-19(26)23-20(12-3-1-4-13-20)18-6-2-5-14-21(18,24)25/h7-10,18,25H,1-6,11-15H2,(H,23,26)/t18-,21-/m1/s1. The van der Waals surface area contributed by atoms with Crippen LogP contribution >= 0.6 is 12.2 Å². The lowest BCUT2D eigenvalue weighted by Crippen LogP contribution is -2.75. The van der Waals surface area contributed by atoms with Crippen LogP contribution in [0, 0.1) is 11.7 Å². The molecule has 1 saturated heterocycles. The van der Waals surface area contributed by atoms with Crippen LogP contribution in [0.1, 0.15) is 63.4 Å². The summed E-state index contributed by atoms with van der Waals surface area (Å²) in [6.45, 7) is 0.667. The highest BCUT2D eigenvalue weighted by Gasteiger charge is 2.58. The van der Waals surface area contributed by atoms with Crippen molar-refractivity contribution in [1.29, 1.82) is 0 Å². The van der Waals surface area contributed by atoms with Crippen molar-refractivity contribution in [3.63, 3.8) is 0 Å². The molecule has 1 heterocycles. The van der Waals surface area contributed by atoms with Crippen molar-refractivity contribution in [3.8, 4) is 0 Å². The predicted molar refractivity (Wildman–Crippen MR) is 105 cm³/mol. The molecule has 26 heavy (non-hydrogen) atoms. The fourth-order valence-corrected chi connectivity index (χ4v) is 6.02. The van der Waals surface area contributed by atoms with E-state index in [4.69, 9.17) is 12.2 Å². The van der Waals surface area contributed by atoms with Gasteiger partial charge < -0.3 is 15.3 Å². The van der Waals surface area contributed by atoms with E-state index in [0.717, 1.165) is 44.1 Å². The predicted octanol–water partition coefficient (Wildman–Crippen LogP) is 4.14. The molecule has 3 nitrogen and oxygen atoms in total. The van der Waals surface area contributed by atoms with Gasteiger partial charge in [-0.25, -0.2) is 4.39 Å². The van der Waals surface area contributed by atoms with Crippen LogP contribution in [0.25, 0.3) is 0 Å². The van der Waals surface area contributed by atoms with Gasteiger partial charge in [0.05, 0.1) is 0 Å². The molecule has 2 aliphatic carbocycles.